The van der Waals surface area contributed by atoms with Crippen molar-refractivity contribution in [2.24, 2.45) is 13.0 Å². The third kappa shape index (κ3) is 4.45. The summed E-state index contributed by atoms with van der Waals surface area (Å²) in [6, 6.07) is 2.73. The van der Waals surface area contributed by atoms with Gasteiger partial charge < -0.3 is 29.5 Å². The van der Waals surface area contributed by atoms with Gasteiger partial charge in [-0.05, 0) is 30.7 Å². The fourth-order valence-corrected chi connectivity index (χ4v) is 4.48. The quantitative estimate of drug-likeness (QED) is 0.545. The molecule has 3 N–H and O–H groups in total. The predicted octanol–water partition coefficient (Wildman–Crippen LogP) is 1.44. The lowest BCUT2D eigenvalue weighted by molar-refractivity contribution is 0.101. The average molecular weight is 471 g/mol. The number of benzene rings is 1. The number of rotatable bonds is 6. The van der Waals surface area contributed by atoms with Gasteiger partial charge in [-0.15, -0.1) is 0 Å². The monoisotopic (exact) mass is 471 g/mol. The minimum atomic E-state index is -3.03. The molecule has 1 aliphatic heterocycles. The summed E-state index contributed by atoms with van der Waals surface area (Å²) in [7, 11) is 1.34. The van der Waals surface area contributed by atoms with Crippen molar-refractivity contribution in [1.29, 1.82) is 0 Å². The van der Waals surface area contributed by atoms with Crippen LogP contribution in [0.15, 0.2) is 24.4 Å². The van der Waals surface area contributed by atoms with Crippen LogP contribution in [-0.2, 0) is 18.3 Å². The van der Waals surface area contributed by atoms with Gasteiger partial charge in [0.15, 0.2) is 5.82 Å². The van der Waals surface area contributed by atoms with Crippen LogP contribution in [0.25, 0.3) is 0 Å². The Kier molecular flexibility index (Phi) is 6.81. The van der Waals surface area contributed by atoms with E-state index in [1.165, 1.54) is 26.1 Å². The number of likely N-dealkylation sites (tertiary alicyclic amines) is 1. The first kappa shape index (κ1) is 23.6. The maximum absolute atomic E-state index is 15.3. The van der Waals surface area contributed by atoms with E-state index in [2.05, 4.69) is 5.32 Å². The van der Waals surface area contributed by atoms with E-state index in [-0.39, 0.29) is 24.3 Å². The topological polar surface area (TPSA) is 138 Å². The van der Waals surface area contributed by atoms with Crippen LogP contribution in [-0.4, -0.2) is 66.2 Å². The van der Waals surface area contributed by atoms with Crippen LogP contribution in [0.4, 0.5) is 25.0 Å². The molecule has 174 valence electrons. The van der Waals surface area contributed by atoms with E-state index in [9.17, 15) is 33.0 Å². The van der Waals surface area contributed by atoms with E-state index in [0.29, 0.717) is 4.31 Å². The van der Waals surface area contributed by atoms with Crippen molar-refractivity contribution >= 4 is 34.6 Å². The Morgan fingerprint density at radius 1 is 1.34 bits per heavy atom. The van der Waals surface area contributed by atoms with Crippen LogP contribution >= 0.6 is 0 Å². The summed E-state index contributed by atoms with van der Waals surface area (Å²) in [4.78, 5) is 24.9. The molecule has 1 fully saturated rings. The molecule has 1 unspecified atom stereocenters. The summed E-state index contributed by atoms with van der Waals surface area (Å²) in [5.74, 6) is -3.30. The summed E-state index contributed by atoms with van der Waals surface area (Å²) < 4.78 is 54.5. The third-order valence-corrected chi connectivity index (χ3v) is 6.13. The molecule has 0 saturated carbocycles. The number of halogens is 2. The molecular weight excluding hydrogens is 450 g/mol. The van der Waals surface area contributed by atoms with Crippen LogP contribution in [0.2, 0.25) is 0 Å². The number of aliphatic hydroxyl groups excluding tert-OH is 1. The Labute approximate surface area is 184 Å². The Balaban J connectivity index is 1.94. The number of hydrogen-bond acceptors (Lipinski definition) is 5. The lowest BCUT2D eigenvalue weighted by atomic mass is 10.1. The van der Waals surface area contributed by atoms with Gasteiger partial charge in [0.05, 0.1) is 6.04 Å². The zero-order valence-corrected chi connectivity index (χ0v) is 17.9. The van der Waals surface area contributed by atoms with Gasteiger partial charge in [0, 0.05) is 55.8 Å². The molecule has 1 aromatic heterocycles. The summed E-state index contributed by atoms with van der Waals surface area (Å²) in [6.07, 6.45) is -0.209. The minimum Gasteiger partial charge on any atom is -0.755 e. The smallest absolute Gasteiger partial charge is 0.407 e. The lowest BCUT2D eigenvalue weighted by Crippen LogP contribution is -2.43. The molecule has 1 saturated heterocycles. The van der Waals surface area contributed by atoms with E-state index < -0.39 is 64.8 Å². The first-order valence-electron chi connectivity index (χ1n) is 9.44. The van der Waals surface area contributed by atoms with Gasteiger partial charge in [-0.25, -0.2) is 13.6 Å². The highest BCUT2D eigenvalue weighted by molar-refractivity contribution is 7.80. The molecule has 2 amide bonds. The Bertz CT molecular complexity index is 1080. The van der Waals surface area contributed by atoms with Crippen LogP contribution in [0.3, 0.4) is 0 Å². The van der Waals surface area contributed by atoms with Crippen molar-refractivity contribution in [1.82, 2.24) is 9.47 Å². The van der Waals surface area contributed by atoms with Crippen LogP contribution in [0.1, 0.15) is 16.1 Å². The fourth-order valence-electron chi connectivity index (χ4n) is 3.73. The Hall–Kier alpha value is -3.03. The first-order chi connectivity index (χ1) is 15.0. The van der Waals surface area contributed by atoms with E-state index >= 15 is 4.39 Å². The van der Waals surface area contributed by atoms with Gasteiger partial charge in [-0.3, -0.25) is 13.3 Å². The van der Waals surface area contributed by atoms with Crippen LogP contribution < -0.4 is 9.62 Å². The molecule has 32 heavy (non-hydrogen) atoms. The van der Waals surface area contributed by atoms with E-state index in [1.807, 2.05) is 0 Å². The van der Waals surface area contributed by atoms with Crippen LogP contribution in [0, 0.1) is 24.5 Å². The largest absolute Gasteiger partial charge is 0.755 e. The van der Waals surface area contributed by atoms with Crippen molar-refractivity contribution in [2.75, 3.05) is 29.3 Å². The van der Waals surface area contributed by atoms with Crippen molar-refractivity contribution in [2.45, 2.75) is 13.0 Å². The number of nitrogens with zero attached hydrogens (tertiary/aromatic N) is 3. The number of aromatic nitrogens is 1. The van der Waals surface area contributed by atoms with E-state index in [0.717, 1.165) is 21.7 Å². The van der Waals surface area contributed by atoms with E-state index in [4.69, 9.17) is 0 Å². The van der Waals surface area contributed by atoms with Crippen molar-refractivity contribution < 1.29 is 37.3 Å². The molecule has 2 aromatic rings. The number of amides is 2. The highest BCUT2D eigenvalue weighted by Gasteiger charge is 2.41. The molecule has 0 bridgehead atoms. The average Bonchev–Trinajstić information content (AvgIpc) is 3.26. The number of carbonyl (C=O) groups is 2. The molecule has 1 aromatic carbocycles. The SMILES string of the molecule is Cc1cc(NC(=O)c2c(F)c(N([C@H]3CN(C(=O)O)C[C@H]3CO)S(=O)[O-])cn2C)ccc1F. The third-order valence-electron chi connectivity index (χ3n) is 5.34. The molecule has 3 rings (SSSR count). The Morgan fingerprint density at radius 3 is 2.59 bits per heavy atom. The first-order valence-corrected chi connectivity index (χ1v) is 10.5. The van der Waals surface area contributed by atoms with Gasteiger partial charge in [-0.1, -0.05) is 0 Å². The van der Waals surface area contributed by atoms with Crippen molar-refractivity contribution in [3.8, 4) is 0 Å². The predicted molar refractivity (Wildman–Crippen MR) is 110 cm³/mol. The molecule has 1 aliphatic rings. The number of anilines is 2. The molecular formula is C19H21F2N4O6S-. The summed E-state index contributed by atoms with van der Waals surface area (Å²) in [5, 5.41) is 21.2. The van der Waals surface area contributed by atoms with Gasteiger partial charge in [0.2, 0.25) is 0 Å². The van der Waals surface area contributed by atoms with Crippen molar-refractivity contribution in [3.63, 3.8) is 0 Å². The van der Waals surface area contributed by atoms with Gasteiger partial charge in [0.1, 0.15) is 17.2 Å². The van der Waals surface area contributed by atoms with E-state index in [1.54, 1.807) is 0 Å². The normalized spacial score (nSPS) is 19.1. The fraction of sp³-hybridized carbons (Fsp3) is 0.368. The second-order valence-corrected chi connectivity index (χ2v) is 8.27. The number of hydrogen-bond donors (Lipinski definition) is 3. The zero-order valence-electron chi connectivity index (χ0n) is 17.1. The molecule has 2 heterocycles. The molecule has 13 heteroatoms. The second kappa shape index (κ2) is 9.22. The lowest BCUT2D eigenvalue weighted by Gasteiger charge is -2.33. The second-order valence-electron chi connectivity index (χ2n) is 7.45. The molecule has 3 atom stereocenters. The number of aryl methyl sites for hydroxylation is 2. The highest BCUT2D eigenvalue weighted by atomic mass is 32.2. The van der Waals surface area contributed by atoms with Gasteiger partial charge in [0.25, 0.3) is 5.91 Å². The highest BCUT2D eigenvalue weighted by Crippen LogP contribution is 2.32. The number of carboxylic acid groups (broad SMARTS) is 1. The molecule has 0 radical (unpaired) electrons. The summed E-state index contributed by atoms with van der Waals surface area (Å²) in [5.41, 5.74) is -0.459. The number of carbonyl (C=O) groups excluding carboxylic acids is 1. The van der Waals surface area contributed by atoms with Gasteiger partial charge in [-0.2, -0.15) is 0 Å². The molecule has 10 nitrogen and oxygen atoms in total. The number of nitrogens with one attached hydrogen (secondary N) is 1. The number of aliphatic hydroxyl groups is 1. The minimum absolute atomic E-state index is 0.129. The van der Waals surface area contributed by atoms with Crippen LogP contribution in [0.5, 0.6) is 0 Å². The maximum Gasteiger partial charge on any atom is 0.407 e. The zero-order chi connectivity index (χ0) is 23.7. The maximum atomic E-state index is 15.3. The molecule has 0 spiro atoms. The molecule has 0 aliphatic carbocycles. The Morgan fingerprint density at radius 2 is 2.03 bits per heavy atom. The summed E-state index contributed by atoms with van der Waals surface area (Å²) in [6.45, 7) is 0.566. The summed E-state index contributed by atoms with van der Waals surface area (Å²) >= 11 is -3.03. The van der Waals surface area contributed by atoms with Gasteiger partial charge >= 0.3 is 6.09 Å². The van der Waals surface area contributed by atoms with Crippen molar-refractivity contribution in [3.05, 3.63) is 47.3 Å². The standard InChI is InChI=1S/C19H22F2N4O6S/c1-10-5-12(3-4-13(10)20)22-18(27)17-16(21)15(7-23(17)2)25(32(30)31)14-8-24(19(28)29)6-11(14)9-26/h3-5,7,11,14,26H,6,8-9H2,1-2H3,(H,22,27)(H,28,29)(H,30,31)/p-1/t11-,14-/m0/s1.